The number of halogens is 1. The largest absolute Gasteiger partial charge is 0.493 e. The number of hydrogen-bond donors (Lipinski definition) is 1. The molecule has 0 unspecified atom stereocenters. The molecule has 0 spiro atoms. The van der Waals surface area contributed by atoms with Gasteiger partial charge in [0.1, 0.15) is 11.5 Å². The molecule has 1 aliphatic rings. The van der Waals surface area contributed by atoms with Gasteiger partial charge in [0, 0.05) is 23.2 Å². The smallest absolute Gasteiger partial charge is 0.362 e. The maximum absolute atomic E-state index is 12.9. The van der Waals surface area contributed by atoms with Crippen LogP contribution in [-0.4, -0.2) is 45.9 Å². The van der Waals surface area contributed by atoms with Gasteiger partial charge < -0.3 is 18.7 Å². The van der Waals surface area contributed by atoms with E-state index < -0.39 is 28.4 Å². The van der Waals surface area contributed by atoms with Crippen molar-refractivity contribution in [3.8, 4) is 5.75 Å². The second kappa shape index (κ2) is 15.0. The van der Waals surface area contributed by atoms with Gasteiger partial charge in [0.05, 0.1) is 6.61 Å². The zero-order valence-corrected chi connectivity index (χ0v) is 31.5. The summed E-state index contributed by atoms with van der Waals surface area (Å²) in [7, 11) is -5.03. The van der Waals surface area contributed by atoms with Gasteiger partial charge in [-0.3, -0.25) is 4.79 Å². The Labute approximate surface area is 270 Å². The number of carbonyl (C=O) groups excluding carboxylic acids is 1. The highest BCUT2D eigenvalue weighted by Gasteiger charge is 2.54. The summed E-state index contributed by atoms with van der Waals surface area (Å²) in [6.07, 6.45) is 10.6. The van der Waals surface area contributed by atoms with Crippen molar-refractivity contribution < 1.29 is 28.3 Å². The molecular formula is C34H53BrO6Si2. The molecule has 0 amide bonds. The first kappa shape index (κ1) is 37.4. The van der Waals surface area contributed by atoms with Crippen LogP contribution in [0.3, 0.4) is 0 Å². The first-order valence-electron chi connectivity index (χ1n) is 15.3. The van der Waals surface area contributed by atoms with Gasteiger partial charge in [-0.2, -0.15) is 0 Å². The molecule has 240 valence electrons. The van der Waals surface area contributed by atoms with Gasteiger partial charge in [0.2, 0.25) is 0 Å². The average Bonchev–Trinajstić information content (AvgIpc) is 3.20. The van der Waals surface area contributed by atoms with E-state index >= 15 is 0 Å². The molecule has 6 nitrogen and oxygen atoms in total. The first-order chi connectivity index (χ1) is 19.7. The zero-order valence-electron chi connectivity index (χ0n) is 27.9. The van der Waals surface area contributed by atoms with E-state index in [0.29, 0.717) is 19.4 Å². The number of ketones is 1. The van der Waals surface area contributed by atoms with E-state index in [4.69, 9.17) is 13.6 Å². The summed E-state index contributed by atoms with van der Waals surface area (Å²) in [5.41, 5.74) is 3.17. The Bertz CT molecular complexity index is 1170. The van der Waals surface area contributed by atoms with Crippen LogP contribution in [0.4, 0.5) is 0 Å². The Morgan fingerprint density at radius 3 is 2.19 bits per heavy atom. The van der Waals surface area contributed by atoms with Crippen LogP contribution in [0, 0.1) is 11.8 Å². The quantitative estimate of drug-likeness (QED) is 0.0687. The Hall–Kier alpha value is -1.75. The number of carboxylic acids is 1. The summed E-state index contributed by atoms with van der Waals surface area (Å²) in [5.74, 6) is -1.73. The fourth-order valence-electron chi connectivity index (χ4n) is 4.42. The second-order valence-electron chi connectivity index (χ2n) is 14.6. The number of carbonyl (C=O) groups is 2. The minimum absolute atomic E-state index is 0.0395. The maximum atomic E-state index is 12.9. The standard InChI is InChI=1S/C34H53BrO6Si2/c1-32(2,3)42(7,8)40-34(31(37)38,41-43(9,10)33(4,5)6)23-14-11-12-20-29-26(21-22-30(29)36)17-13-15-24-39-28-19-16-18-27(35)25-28/h12-14,16-19,25-26,29H,15,20-24H2,1-10H3,(H,37,38)/b17-13+/t11?,26-,29+/m0/s1. The van der Waals surface area contributed by atoms with Crippen molar-refractivity contribution in [2.45, 2.75) is 116 Å². The first-order valence-corrected chi connectivity index (χ1v) is 21.9. The Kier molecular flexibility index (Phi) is 13.1. The topological polar surface area (TPSA) is 82.1 Å². The molecule has 43 heavy (non-hydrogen) atoms. The van der Waals surface area contributed by atoms with Gasteiger partial charge in [-0.05, 0) is 91.8 Å². The SMILES string of the molecule is CC(C)(C)[Si](C)(C)OC(CC=C=CC[C@H]1C(=O)CC[C@@H]1/C=C/CCOc1cccc(Br)c1)(O[Si](C)(C)C(C)(C)C)C(=O)O. The summed E-state index contributed by atoms with van der Waals surface area (Å²) in [4.78, 5) is 25.6. The fraction of sp³-hybridized carbons (Fsp3) is 0.618. The highest BCUT2D eigenvalue weighted by Crippen LogP contribution is 2.45. The minimum Gasteiger partial charge on any atom is -0.493 e. The fourth-order valence-corrected chi connectivity index (χ4v) is 7.57. The van der Waals surface area contributed by atoms with Gasteiger partial charge in [0.15, 0.2) is 16.6 Å². The molecule has 0 aliphatic heterocycles. The van der Waals surface area contributed by atoms with Crippen molar-refractivity contribution >= 4 is 44.3 Å². The predicted molar refractivity (Wildman–Crippen MR) is 183 cm³/mol. The molecule has 1 N–H and O–H groups in total. The number of allylic oxidation sites excluding steroid dienone is 1. The highest BCUT2D eigenvalue weighted by molar-refractivity contribution is 9.10. The molecule has 2 atom stereocenters. The van der Waals surface area contributed by atoms with Gasteiger partial charge >= 0.3 is 5.97 Å². The molecule has 2 rings (SSSR count). The molecule has 1 saturated carbocycles. The number of carboxylic acid groups (broad SMARTS) is 1. The van der Waals surface area contributed by atoms with E-state index in [-0.39, 0.29) is 34.1 Å². The lowest BCUT2D eigenvalue weighted by Crippen LogP contribution is -2.60. The third kappa shape index (κ3) is 10.7. The van der Waals surface area contributed by atoms with Crippen LogP contribution < -0.4 is 4.74 Å². The van der Waals surface area contributed by atoms with E-state index in [0.717, 1.165) is 23.1 Å². The number of hydrogen-bond acceptors (Lipinski definition) is 5. The van der Waals surface area contributed by atoms with E-state index in [1.807, 2.05) is 56.5 Å². The van der Waals surface area contributed by atoms with Crippen LogP contribution in [0.25, 0.3) is 0 Å². The van der Waals surface area contributed by atoms with E-state index in [2.05, 4.69) is 75.4 Å². The molecule has 1 aromatic rings. The molecule has 9 heteroatoms. The third-order valence-electron chi connectivity index (χ3n) is 9.14. The minimum atomic E-state index is -2.52. The molecule has 0 bridgehead atoms. The Morgan fingerprint density at radius 1 is 1.05 bits per heavy atom. The van der Waals surface area contributed by atoms with Crippen molar-refractivity contribution in [3.05, 3.63) is 58.8 Å². The number of Topliss-reactive ketones (excluding diaryl/α,β-unsaturated/α-hetero) is 1. The maximum Gasteiger partial charge on any atom is 0.362 e. The van der Waals surface area contributed by atoms with Crippen molar-refractivity contribution in [2.24, 2.45) is 11.8 Å². The molecule has 0 aromatic heterocycles. The lowest BCUT2D eigenvalue weighted by Gasteiger charge is -2.48. The monoisotopic (exact) mass is 692 g/mol. The zero-order chi connectivity index (χ0) is 32.7. The van der Waals surface area contributed by atoms with Gasteiger partial charge in [0.25, 0.3) is 5.79 Å². The van der Waals surface area contributed by atoms with Crippen molar-refractivity contribution in [1.82, 2.24) is 0 Å². The molecule has 0 radical (unpaired) electrons. The molecule has 0 saturated heterocycles. The van der Waals surface area contributed by atoms with Gasteiger partial charge in [-0.15, -0.1) is 5.73 Å². The molecule has 1 aromatic carbocycles. The number of aliphatic carboxylic acids is 1. The van der Waals surface area contributed by atoms with Crippen LogP contribution in [-0.2, 0) is 18.4 Å². The van der Waals surface area contributed by atoms with Crippen molar-refractivity contribution in [1.29, 1.82) is 0 Å². The normalized spacial score (nSPS) is 18.5. The van der Waals surface area contributed by atoms with Crippen LogP contribution in [0.15, 0.2) is 58.8 Å². The van der Waals surface area contributed by atoms with Gasteiger partial charge in [-0.1, -0.05) is 75.7 Å². The van der Waals surface area contributed by atoms with E-state index in [1.165, 1.54) is 0 Å². The summed E-state index contributed by atoms with van der Waals surface area (Å²) in [6, 6.07) is 7.77. The molecule has 1 aliphatic carbocycles. The summed E-state index contributed by atoms with van der Waals surface area (Å²) >= 11 is 3.45. The average molecular weight is 694 g/mol. The van der Waals surface area contributed by atoms with Gasteiger partial charge in [-0.25, -0.2) is 4.79 Å². The van der Waals surface area contributed by atoms with E-state index in [1.54, 1.807) is 6.08 Å². The van der Waals surface area contributed by atoms with Crippen molar-refractivity contribution in [2.75, 3.05) is 6.61 Å². The number of ether oxygens (including phenoxy) is 1. The van der Waals surface area contributed by atoms with Crippen LogP contribution in [0.2, 0.25) is 36.3 Å². The predicted octanol–water partition coefficient (Wildman–Crippen LogP) is 9.69. The molecule has 1 fully saturated rings. The summed E-state index contributed by atoms with van der Waals surface area (Å²) < 4.78 is 20.0. The Balaban J connectivity index is 2.14. The van der Waals surface area contributed by atoms with Crippen LogP contribution in [0.1, 0.15) is 73.6 Å². The third-order valence-corrected chi connectivity index (χ3v) is 18.5. The summed E-state index contributed by atoms with van der Waals surface area (Å²) in [5, 5.41) is 10.2. The molecular weight excluding hydrogens is 640 g/mol. The van der Waals surface area contributed by atoms with Crippen LogP contribution in [0.5, 0.6) is 5.75 Å². The second-order valence-corrected chi connectivity index (χ2v) is 25.0. The Morgan fingerprint density at radius 2 is 1.65 bits per heavy atom. The van der Waals surface area contributed by atoms with Crippen LogP contribution >= 0.6 is 15.9 Å². The lowest BCUT2D eigenvalue weighted by molar-refractivity contribution is -0.191. The molecule has 0 heterocycles. The highest BCUT2D eigenvalue weighted by atomic mass is 79.9. The van der Waals surface area contributed by atoms with E-state index in [9.17, 15) is 14.7 Å². The number of benzene rings is 1. The van der Waals surface area contributed by atoms with Crippen molar-refractivity contribution in [3.63, 3.8) is 0 Å². The lowest BCUT2D eigenvalue weighted by atomic mass is 9.91. The number of rotatable bonds is 14. The summed E-state index contributed by atoms with van der Waals surface area (Å²) in [6.45, 7) is 21.3.